The molecule has 0 atom stereocenters. The Labute approximate surface area is 34.4 Å². The molecule has 0 aromatic rings. The van der Waals surface area contributed by atoms with Crippen molar-refractivity contribution in [3.05, 3.63) is 0 Å². The molecule has 0 aliphatic rings. The van der Waals surface area contributed by atoms with Crippen molar-refractivity contribution in [2.24, 2.45) is 0 Å². The molecular formula is AlO4-. The van der Waals surface area contributed by atoms with Crippen molar-refractivity contribution >= 4 is 15.5 Å². The first kappa shape index (κ1) is 5.05. The summed E-state index contributed by atoms with van der Waals surface area (Å²) in [6, 6.07) is 0. The van der Waals surface area contributed by atoms with E-state index in [1.54, 1.807) is 0 Å². The van der Waals surface area contributed by atoms with Crippen LogP contribution in [0.25, 0.3) is 0 Å². The van der Waals surface area contributed by atoms with Gasteiger partial charge >= 0.3 is 33.5 Å². The van der Waals surface area contributed by atoms with Crippen LogP contribution in [0, 0.1) is 0 Å². The minimum absolute atomic E-state index is 1.50. The molecule has 0 aliphatic heterocycles. The van der Waals surface area contributed by atoms with Crippen LogP contribution in [-0.4, -0.2) is 15.5 Å². The first-order valence-corrected chi connectivity index (χ1v) is 1.75. The van der Waals surface area contributed by atoms with Crippen LogP contribution in [0.5, 0.6) is 0 Å². The number of hydrogen-bond acceptors (Lipinski definition) is 4. The first-order valence-electron chi connectivity index (χ1n) is 0.805. The van der Waals surface area contributed by atoms with E-state index in [9.17, 15) is 0 Å². The summed E-state index contributed by atoms with van der Waals surface area (Å²) in [6.07, 6.45) is 0. The molecule has 0 saturated carbocycles. The van der Waals surface area contributed by atoms with Crippen molar-refractivity contribution < 1.29 is 18.0 Å². The molecule has 0 aromatic carbocycles. The molecule has 0 N–H and O–H groups in total. The Bertz CT molecular complexity index is 24.8. The summed E-state index contributed by atoms with van der Waals surface area (Å²) in [5.74, 6) is 0. The quantitative estimate of drug-likeness (QED) is 0.228. The molecule has 0 fully saturated rings. The molecule has 0 aliphatic carbocycles. The fraction of sp³-hybridized carbons (Fsp3) is 0. The summed E-state index contributed by atoms with van der Waals surface area (Å²) < 4.78 is 12.4. The fourth-order valence-electron chi connectivity index (χ4n) is 0.0160. The number of rotatable bonds is 2. The number of hydrogen-bond donors (Lipinski definition) is 0. The van der Waals surface area contributed by atoms with Gasteiger partial charge in [0.15, 0.2) is 0 Å². The topological polar surface area (TPSA) is 58.6 Å². The average molecular weight is 91.0 g/mol. The van der Waals surface area contributed by atoms with E-state index in [2.05, 4.69) is 8.98 Å². The summed E-state index contributed by atoms with van der Waals surface area (Å²) >= 11 is -1.50. The van der Waals surface area contributed by atoms with E-state index in [-0.39, 0.29) is 0 Å². The van der Waals surface area contributed by atoms with Crippen molar-refractivity contribution in [3.63, 3.8) is 0 Å². The molecule has 0 saturated heterocycles. The van der Waals surface area contributed by atoms with Gasteiger partial charge in [-0.3, -0.25) is 0 Å². The second-order valence-corrected chi connectivity index (χ2v) is 0.645. The van der Waals surface area contributed by atoms with Gasteiger partial charge < -0.3 is 0 Å². The van der Waals surface area contributed by atoms with Crippen LogP contribution in [0.4, 0.5) is 0 Å². The van der Waals surface area contributed by atoms with Gasteiger partial charge in [0.25, 0.3) is 0 Å². The van der Waals surface area contributed by atoms with E-state index in [4.69, 9.17) is 9.06 Å². The zero-order valence-corrected chi connectivity index (χ0v) is 3.37. The van der Waals surface area contributed by atoms with Crippen molar-refractivity contribution in [2.75, 3.05) is 0 Å². The summed E-state index contributed by atoms with van der Waals surface area (Å²) in [5.41, 5.74) is 0. The summed E-state index contributed by atoms with van der Waals surface area (Å²) in [7, 11) is 0. The maximum atomic E-state index is 9.07. The van der Waals surface area contributed by atoms with Crippen LogP contribution < -0.4 is 5.26 Å². The van der Waals surface area contributed by atoms with Crippen LogP contribution in [0.1, 0.15) is 0 Å². The van der Waals surface area contributed by atoms with Gasteiger partial charge in [-0.1, -0.05) is 0 Å². The molecule has 4 nitrogen and oxygen atoms in total. The Morgan fingerprint density at radius 3 is 2.40 bits per heavy atom. The second kappa shape index (κ2) is 4.05. The molecule has 5 heavy (non-hydrogen) atoms. The summed E-state index contributed by atoms with van der Waals surface area (Å²) in [6.45, 7) is 0. The Balaban J connectivity index is 2.40. The third-order valence-electron chi connectivity index (χ3n) is 0.0786. The maximum absolute atomic E-state index is 9.07. The fourth-order valence-corrected chi connectivity index (χ4v) is 0.0481. The molecule has 0 bridgehead atoms. The Morgan fingerprint density at radius 1 is 1.80 bits per heavy atom. The molecular weight excluding hydrogens is 91.0 g/mol. The molecule has 0 aromatic heterocycles. The van der Waals surface area contributed by atoms with Crippen molar-refractivity contribution in [1.29, 1.82) is 0 Å². The van der Waals surface area contributed by atoms with Gasteiger partial charge in [0.2, 0.25) is 0 Å². The minimum atomic E-state index is -1.50. The van der Waals surface area contributed by atoms with Gasteiger partial charge in [-0.2, -0.15) is 0 Å². The monoisotopic (exact) mass is 91.0 g/mol. The van der Waals surface area contributed by atoms with Crippen LogP contribution in [0.3, 0.4) is 0 Å². The van der Waals surface area contributed by atoms with E-state index in [0.29, 0.717) is 0 Å². The van der Waals surface area contributed by atoms with E-state index in [1.807, 2.05) is 0 Å². The van der Waals surface area contributed by atoms with E-state index in [1.165, 1.54) is 0 Å². The predicted octanol–water partition coefficient (Wildman–Crippen LogP) is -1.83. The van der Waals surface area contributed by atoms with Crippen LogP contribution >= 0.6 is 0 Å². The van der Waals surface area contributed by atoms with Crippen molar-refractivity contribution in [2.45, 2.75) is 0 Å². The normalized spacial score (nSPS) is 5.80. The molecule has 5 heteroatoms. The van der Waals surface area contributed by atoms with Gasteiger partial charge in [-0.25, -0.2) is 0 Å². The van der Waals surface area contributed by atoms with Crippen molar-refractivity contribution in [3.8, 4) is 0 Å². The van der Waals surface area contributed by atoms with Crippen LogP contribution in [0.2, 0.25) is 0 Å². The Kier molecular flexibility index (Phi) is 4.09. The van der Waals surface area contributed by atoms with Crippen molar-refractivity contribution in [1.82, 2.24) is 0 Å². The molecule has 0 rings (SSSR count). The molecule has 0 heterocycles. The van der Waals surface area contributed by atoms with E-state index >= 15 is 0 Å². The first-order chi connectivity index (χ1) is 2.41. The van der Waals surface area contributed by atoms with Crippen LogP contribution in [0.15, 0.2) is 0 Å². The van der Waals surface area contributed by atoms with Gasteiger partial charge in [0.1, 0.15) is 0 Å². The third-order valence-corrected chi connectivity index (χ3v) is 0.236. The third kappa shape index (κ3) is 4.05. The van der Waals surface area contributed by atoms with Gasteiger partial charge in [0.05, 0.1) is 0 Å². The second-order valence-electron chi connectivity index (χ2n) is 0.260. The van der Waals surface area contributed by atoms with E-state index in [0.717, 1.165) is 0 Å². The predicted molar refractivity (Wildman–Crippen MR) is 8.61 cm³/mol. The van der Waals surface area contributed by atoms with E-state index < -0.39 is 15.5 Å². The molecule has 0 amide bonds. The molecule has 0 radical (unpaired) electrons. The summed E-state index contributed by atoms with van der Waals surface area (Å²) in [4.78, 5) is 0. The van der Waals surface area contributed by atoms with Gasteiger partial charge in [-0.15, -0.1) is 0 Å². The zero-order chi connectivity index (χ0) is 4.12. The molecule has 0 unspecified atom stereocenters. The Hall–Kier alpha value is 0.0525. The van der Waals surface area contributed by atoms with Gasteiger partial charge in [0, 0.05) is 0 Å². The molecule has 28 valence electrons. The zero-order valence-electron chi connectivity index (χ0n) is 2.21. The SMILES string of the molecule is [O]=[Al][O]O[O-]. The Morgan fingerprint density at radius 2 is 2.40 bits per heavy atom. The standard InChI is InChI=1S/Al.H2O3.O/c;1-3-2;/h;1-2H;/q+1;;/p-2. The average Bonchev–Trinajstić information content (AvgIpc) is 1.41. The summed E-state index contributed by atoms with van der Waals surface area (Å²) in [5, 5.41) is 11.3. The van der Waals surface area contributed by atoms with Gasteiger partial charge in [-0.05, 0) is 0 Å². The molecule has 0 spiro atoms. The van der Waals surface area contributed by atoms with Crippen LogP contribution in [-0.2, 0) is 12.8 Å².